The molecule has 4 heterocycles. The van der Waals surface area contributed by atoms with Crippen molar-refractivity contribution in [1.82, 2.24) is 25.1 Å². The van der Waals surface area contributed by atoms with E-state index in [4.69, 9.17) is 11.6 Å². The molecule has 0 bridgehead atoms. The second kappa shape index (κ2) is 6.80. The number of carbonyl (C=O) groups is 1. The lowest BCUT2D eigenvalue weighted by Crippen LogP contribution is -2.28. The number of halogens is 2. The number of pyridine rings is 2. The fourth-order valence-corrected chi connectivity index (χ4v) is 3.10. The van der Waals surface area contributed by atoms with Crippen molar-refractivity contribution < 1.29 is 9.18 Å². The van der Waals surface area contributed by atoms with Crippen LogP contribution in [-0.2, 0) is 11.2 Å². The van der Waals surface area contributed by atoms with Crippen LogP contribution in [0.25, 0.3) is 11.4 Å². The van der Waals surface area contributed by atoms with Crippen LogP contribution in [-0.4, -0.2) is 37.6 Å². The molecule has 0 unspecified atom stereocenters. The minimum absolute atomic E-state index is 0.0715. The maximum Gasteiger partial charge on any atom is 0.232 e. The van der Waals surface area contributed by atoms with Crippen LogP contribution in [0, 0.1) is 11.7 Å². The van der Waals surface area contributed by atoms with Gasteiger partial charge in [0.05, 0.1) is 0 Å². The van der Waals surface area contributed by atoms with Gasteiger partial charge in [-0.05, 0) is 36.6 Å². The third kappa shape index (κ3) is 3.15. The molecule has 1 atom stereocenters. The van der Waals surface area contributed by atoms with Gasteiger partial charge in [-0.3, -0.25) is 14.7 Å². The van der Waals surface area contributed by atoms with Crippen LogP contribution in [0.2, 0.25) is 5.15 Å². The Balaban J connectivity index is 1.49. The number of nitrogens with one attached hydrogen (secondary N) is 1. The number of nitrogens with zero attached hydrogens (tertiary/aromatic N) is 5. The minimum Gasteiger partial charge on any atom is -0.281 e. The van der Waals surface area contributed by atoms with Crippen molar-refractivity contribution in [3.8, 4) is 11.4 Å². The minimum atomic E-state index is -0.580. The van der Waals surface area contributed by atoms with Gasteiger partial charge in [-0.15, -0.1) is 0 Å². The van der Waals surface area contributed by atoms with Crippen LogP contribution in [0.5, 0.6) is 0 Å². The number of aromatic amines is 1. The van der Waals surface area contributed by atoms with Gasteiger partial charge >= 0.3 is 0 Å². The zero-order valence-corrected chi connectivity index (χ0v) is 14.3. The molecule has 132 valence electrons. The molecule has 7 nitrogen and oxygen atoms in total. The first-order valence-corrected chi connectivity index (χ1v) is 8.43. The largest absolute Gasteiger partial charge is 0.281 e. The second-order valence-corrected chi connectivity index (χ2v) is 6.37. The Morgan fingerprint density at radius 2 is 2.15 bits per heavy atom. The Morgan fingerprint density at radius 1 is 1.35 bits per heavy atom. The van der Waals surface area contributed by atoms with E-state index < -0.39 is 5.82 Å². The number of H-pyrrole nitrogens is 1. The predicted molar refractivity (Wildman–Crippen MR) is 93.0 cm³/mol. The molecular formula is C17H14ClFN6O. The highest BCUT2D eigenvalue weighted by Gasteiger charge is 2.34. The summed E-state index contributed by atoms with van der Waals surface area (Å²) in [6.45, 7) is 0.526. The fraction of sp³-hybridized carbons (Fsp3) is 0.235. The van der Waals surface area contributed by atoms with Gasteiger partial charge in [0.25, 0.3) is 0 Å². The number of rotatable bonds is 4. The lowest BCUT2D eigenvalue weighted by Gasteiger charge is -2.13. The zero-order valence-electron chi connectivity index (χ0n) is 13.6. The first-order valence-electron chi connectivity index (χ1n) is 8.06. The average Bonchev–Trinajstić information content (AvgIpc) is 3.27. The number of hydrogen-bond acceptors (Lipinski definition) is 5. The molecule has 3 aromatic heterocycles. The van der Waals surface area contributed by atoms with Crippen molar-refractivity contribution in [3.63, 3.8) is 0 Å². The summed E-state index contributed by atoms with van der Waals surface area (Å²) in [5.74, 6) is 0.000629. The highest BCUT2D eigenvalue weighted by Crippen LogP contribution is 2.27. The number of hydrogen-bond donors (Lipinski definition) is 1. The molecule has 0 aromatic carbocycles. The summed E-state index contributed by atoms with van der Waals surface area (Å²) in [5, 5.41) is 6.81. The van der Waals surface area contributed by atoms with E-state index in [1.807, 2.05) is 0 Å². The maximum absolute atomic E-state index is 13.5. The number of anilines is 1. The van der Waals surface area contributed by atoms with Crippen molar-refractivity contribution >= 4 is 23.5 Å². The number of carbonyl (C=O) groups excluding carboxylic acids is 1. The average molecular weight is 373 g/mol. The summed E-state index contributed by atoms with van der Waals surface area (Å²) in [6.07, 6.45) is 5.86. The molecular weight excluding hydrogens is 359 g/mol. The van der Waals surface area contributed by atoms with Gasteiger partial charge in [0, 0.05) is 36.6 Å². The standard InChI is InChI=1S/C17H14ClFN6O/c18-14-13(19)8-10(9-21-14)7-12-3-6-25(16(12)26)17-22-15(23-24-17)11-1-4-20-5-2-11/h1-2,4-5,8-9,12H,3,6-7H2,(H,22,23,24)/t12-/m1/s1. The third-order valence-corrected chi connectivity index (χ3v) is 4.60. The summed E-state index contributed by atoms with van der Waals surface area (Å²) >= 11 is 5.60. The van der Waals surface area contributed by atoms with E-state index in [0.717, 1.165) is 5.56 Å². The molecule has 1 aliphatic rings. The Morgan fingerprint density at radius 3 is 2.92 bits per heavy atom. The van der Waals surface area contributed by atoms with Gasteiger partial charge in [-0.2, -0.15) is 10.1 Å². The molecule has 26 heavy (non-hydrogen) atoms. The highest BCUT2D eigenvalue weighted by atomic mass is 35.5. The van der Waals surface area contributed by atoms with Gasteiger partial charge in [-0.1, -0.05) is 11.6 Å². The summed E-state index contributed by atoms with van der Waals surface area (Å²) in [6, 6.07) is 4.91. The van der Waals surface area contributed by atoms with Crippen molar-refractivity contribution in [3.05, 3.63) is 53.3 Å². The van der Waals surface area contributed by atoms with Crippen molar-refractivity contribution in [2.24, 2.45) is 5.92 Å². The van der Waals surface area contributed by atoms with Crippen LogP contribution in [0.4, 0.5) is 10.3 Å². The Kier molecular flexibility index (Phi) is 4.34. The molecule has 0 radical (unpaired) electrons. The van der Waals surface area contributed by atoms with E-state index in [1.165, 1.54) is 12.3 Å². The normalized spacial score (nSPS) is 17.1. The Hall–Kier alpha value is -2.87. The Bertz CT molecular complexity index is 947. The number of aromatic nitrogens is 5. The van der Waals surface area contributed by atoms with E-state index in [1.54, 1.807) is 29.4 Å². The zero-order chi connectivity index (χ0) is 18.1. The quantitative estimate of drug-likeness (QED) is 0.711. The topological polar surface area (TPSA) is 87.7 Å². The predicted octanol–water partition coefficient (Wildman–Crippen LogP) is 2.65. The van der Waals surface area contributed by atoms with Crippen LogP contribution < -0.4 is 4.90 Å². The second-order valence-electron chi connectivity index (χ2n) is 6.01. The molecule has 1 saturated heterocycles. The summed E-state index contributed by atoms with van der Waals surface area (Å²) in [7, 11) is 0. The lowest BCUT2D eigenvalue weighted by molar-refractivity contribution is -0.120. The molecule has 1 amide bonds. The lowest BCUT2D eigenvalue weighted by atomic mass is 9.99. The van der Waals surface area contributed by atoms with E-state index in [2.05, 4.69) is 25.1 Å². The first kappa shape index (κ1) is 16.6. The first-order chi connectivity index (χ1) is 12.6. The van der Waals surface area contributed by atoms with E-state index >= 15 is 0 Å². The highest BCUT2D eigenvalue weighted by molar-refractivity contribution is 6.29. The van der Waals surface area contributed by atoms with Gasteiger partial charge in [0.15, 0.2) is 16.8 Å². The smallest absolute Gasteiger partial charge is 0.232 e. The molecule has 1 N–H and O–H groups in total. The molecule has 0 saturated carbocycles. The summed E-state index contributed by atoms with van der Waals surface area (Å²) < 4.78 is 13.5. The third-order valence-electron chi connectivity index (χ3n) is 4.32. The van der Waals surface area contributed by atoms with Crippen molar-refractivity contribution in [2.45, 2.75) is 12.8 Å². The van der Waals surface area contributed by atoms with Gasteiger partial charge in [0.2, 0.25) is 11.9 Å². The van der Waals surface area contributed by atoms with Crippen LogP contribution in [0.3, 0.4) is 0 Å². The van der Waals surface area contributed by atoms with Crippen LogP contribution in [0.1, 0.15) is 12.0 Å². The molecule has 3 aromatic rings. The van der Waals surface area contributed by atoms with Crippen LogP contribution in [0.15, 0.2) is 36.8 Å². The SMILES string of the molecule is O=C1[C@@H](Cc2cnc(Cl)c(F)c2)CCN1c1nc(-c2ccncc2)n[nH]1. The molecule has 1 fully saturated rings. The summed E-state index contributed by atoms with van der Waals surface area (Å²) in [4.78, 5) is 26.4. The van der Waals surface area contributed by atoms with Gasteiger partial charge in [0.1, 0.15) is 0 Å². The molecule has 9 heteroatoms. The summed E-state index contributed by atoms with van der Waals surface area (Å²) in [5.41, 5.74) is 1.45. The van der Waals surface area contributed by atoms with Crippen molar-refractivity contribution in [2.75, 3.05) is 11.4 Å². The van der Waals surface area contributed by atoms with E-state index in [-0.39, 0.29) is 17.0 Å². The van der Waals surface area contributed by atoms with Crippen LogP contribution >= 0.6 is 11.6 Å². The van der Waals surface area contributed by atoms with Crippen molar-refractivity contribution in [1.29, 1.82) is 0 Å². The monoisotopic (exact) mass is 372 g/mol. The van der Waals surface area contributed by atoms with Gasteiger partial charge < -0.3 is 0 Å². The number of amides is 1. The van der Waals surface area contributed by atoms with E-state index in [9.17, 15) is 9.18 Å². The maximum atomic E-state index is 13.5. The molecule has 0 aliphatic carbocycles. The molecule has 0 spiro atoms. The fourth-order valence-electron chi connectivity index (χ4n) is 3.00. The van der Waals surface area contributed by atoms with E-state index in [0.29, 0.717) is 36.7 Å². The Labute approximate surface area is 153 Å². The molecule has 1 aliphatic heterocycles. The molecule has 4 rings (SSSR count). The van der Waals surface area contributed by atoms with Gasteiger partial charge in [-0.25, -0.2) is 14.5 Å².